The van der Waals surface area contributed by atoms with Crippen molar-refractivity contribution in [2.24, 2.45) is 0 Å². The van der Waals surface area contributed by atoms with Crippen LogP contribution < -0.4 is 0 Å². The number of carbonyl (C=O) groups is 1. The van der Waals surface area contributed by atoms with E-state index in [2.05, 4.69) is 0 Å². The maximum Gasteiger partial charge on any atom is 0.335 e. The molecule has 21 heavy (non-hydrogen) atoms. The van der Waals surface area contributed by atoms with Crippen molar-refractivity contribution in [1.29, 1.82) is 0 Å². The number of furan rings is 1. The smallest absolute Gasteiger partial charge is 0.335 e. The van der Waals surface area contributed by atoms with Gasteiger partial charge < -0.3 is 9.52 Å². The number of rotatable bonds is 5. The Kier molecular flexibility index (Phi) is 4.10. The van der Waals surface area contributed by atoms with E-state index >= 15 is 0 Å². The second kappa shape index (κ2) is 5.66. The van der Waals surface area contributed by atoms with Crippen molar-refractivity contribution in [3.05, 3.63) is 53.7 Å². The summed E-state index contributed by atoms with van der Waals surface area (Å²) in [5, 5.41) is 8.74. The minimum atomic E-state index is -4.08. The molecule has 112 valence electrons. The van der Waals surface area contributed by atoms with Gasteiger partial charge in [-0.25, -0.2) is 17.6 Å². The van der Waals surface area contributed by atoms with E-state index in [1.807, 2.05) is 0 Å². The summed E-state index contributed by atoms with van der Waals surface area (Å²) in [6.45, 7) is -0.0601. The normalized spacial score (nSPS) is 11.8. The number of hydrogen-bond acceptors (Lipinski definition) is 4. The van der Waals surface area contributed by atoms with Crippen molar-refractivity contribution in [3.8, 4) is 0 Å². The Morgan fingerprint density at radius 1 is 1.38 bits per heavy atom. The third kappa shape index (κ3) is 3.11. The van der Waals surface area contributed by atoms with E-state index in [1.165, 1.54) is 13.3 Å². The lowest BCUT2D eigenvalue weighted by Crippen LogP contribution is -2.27. The lowest BCUT2D eigenvalue weighted by molar-refractivity contribution is 0.0696. The predicted octanol–water partition coefficient (Wildman–Crippen LogP) is 1.94. The van der Waals surface area contributed by atoms with Crippen LogP contribution >= 0.6 is 0 Å². The number of hydrogen-bond donors (Lipinski definition) is 1. The van der Waals surface area contributed by atoms with E-state index in [0.29, 0.717) is 11.8 Å². The molecule has 0 aliphatic rings. The second-order valence-corrected chi connectivity index (χ2v) is 6.30. The van der Waals surface area contributed by atoms with Crippen LogP contribution in [0.3, 0.4) is 0 Å². The number of aromatic carboxylic acids is 1. The van der Waals surface area contributed by atoms with Crippen molar-refractivity contribution >= 4 is 16.0 Å². The topological polar surface area (TPSA) is 87.8 Å². The summed E-state index contributed by atoms with van der Waals surface area (Å²) in [6, 6.07) is 5.86. The fourth-order valence-corrected chi connectivity index (χ4v) is 2.90. The Labute approximate surface area is 120 Å². The van der Waals surface area contributed by atoms with Crippen LogP contribution in [-0.4, -0.2) is 30.8 Å². The molecule has 0 fully saturated rings. The highest BCUT2D eigenvalue weighted by Gasteiger charge is 2.26. The average molecular weight is 313 g/mol. The molecule has 0 amide bonds. The molecule has 0 saturated heterocycles. The SMILES string of the molecule is CN(Cc1ccco1)S(=O)(=O)c1ccc(C(=O)O)cc1F. The molecule has 0 radical (unpaired) electrons. The van der Waals surface area contributed by atoms with Crippen molar-refractivity contribution < 1.29 is 27.1 Å². The predicted molar refractivity (Wildman–Crippen MR) is 70.7 cm³/mol. The number of carboxylic acid groups (broad SMARTS) is 1. The maximum atomic E-state index is 13.9. The van der Waals surface area contributed by atoms with Crippen molar-refractivity contribution in [2.45, 2.75) is 11.4 Å². The lowest BCUT2D eigenvalue weighted by Gasteiger charge is -2.16. The Bertz CT molecular complexity index is 755. The third-order valence-corrected chi connectivity index (χ3v) is 4.66. The van der Waals surface area contributed by atoms with Gasteiger partial charge in [0.25, 0.3) is 0 Å². The zero-order chi connectivity index (χ0) is 15.6. The first kappa shape index (κ1) is 15.2. The van der Waals surface area contributed by atoms with Gasteiger partial charge in [-0.05, 0) is 30.3 Å². The minimum Gasteiger partial charge on any atom is -0.478 e. The van der Waals surface area contributed by atoms with E-state index in [4.69, 9.17) is 9.52 Å². The first-order valence-electron chi connectivity index (χ1n) is 5.84. The van der Waals surface area contributed by atoms with Gasteiger partial charge in [0.1, 0.15) is 16.5 Å². The Morgan fingerprint density at radius 3 is 2.62 bits per heavy atom. The summed E-state index contributed by atoms with van der Waals surface area (Å²) in [5.41, 5.74) is -0.319. The zero-order valence-corrected chi connectivity index (χ0v) is 11.8. The molecule has 0 spiro atoms. The lowest BCUT2D eigenvalue weighted by atomic mass is 10.2. The van der Waals surface area contributed by atoms with Gasteiger partial charge in [0, 0.05) is 7.05 Å². The van der Waals surface area contributed by atoms with Gasteiger partial charge in [0.05, 0.1) is 18.4 Å². The van der Waals surface area contributed by atoms with Crippen LogP contribution in [0.4, 0.5) is 4.39 Å². The van der Waals surface area contributed by atoms with E-state index in [9.17, 15) is 17.6 Å². The second-order valence-electron chi connectivity index (χ2n) is 4.29. The minimum absolute atomic E-state index is 0.0601. The zero-order valence-electron chi connectivity index (χ0n) is 11.0. The molecule has 1 N–H and O–H groups in total. The standard InChI is InChI=1S/C13H12FNO5S/c1-15(8-10-3-2-6-20-10)21(18,19)12-5-4-9(13(16)17)7-11(12)14/h2-7H,8H2,1H3,(H,16,17). The number of nitrogens with zero attached hydrogens (tertiary/aromatic N) is 1. The molecule has 2 aromatic rings. The molecule has 1 aromatic heterocycles. The van der Waals surface area contributed by atoms with Crippen LogP contribution in [0.2, 0.25) is 0 Å². The molecule has 8 heteroatoms. The van der Waals surface area contributed by atoms with Crippen LogP contribution in [0, 0.1) is 5.82 Å². The number of sulfonamides is 1. The first-order valence-corrected chi connectivity index (χ1v) is 7.28. The largest absolute Gasteiger partial charge is 0.478 e. The number of halogens is 1. The van der Waals surface area contributed by atoms with Crippen molar-refractivity contribution in [2.75, 3.05) is 7.05 Å². The summed E-state index contributed by atoms with van der Waals surface area (Å²) in [6.07, 6.45) is 1.40. The van der Waals surface area contributed by atoms with Gasteiger partial charge in [0.15, 0.2) is 0 Å². The monoisotopic (exact) mass is 313 g/mol. The Morgan fingerprint density at radius 2 is 2.10 bits per heavy atom. The molecular weight excluding hydrogens is 301 g/mol. The van der Waals surface area contributed by atoms with Gasteiger partial charge in [-0.15, -0.1) is 0 Å². The molecule has 0 bridgehead atoms. The van der Waals surface area contributed by atoms with Gasteiger partial charge in [-0.1, -0.05) is 0 Å². The summed E-state index contributed by atoms with van der Waals surface area (Å²) >= 11 is 0. The summed E-state index contributed by atoms with van der Waals surface area (Å²) in [5.74, 6) is -2.04. The van der Waals surface area contributed by atoms with Crippen LogP contribution in [0.25, 0.3) is 0 Å². The van der Waals surface area contributed by atoms with Gasteiger partial charge in [-0.2, -0.15) is 4.31 Å². The quantitative estimate of drug-likeness (QED) is 0.911. The fourth-order valence-electron chi connectivity index (χ4n) is 1.72. The Balaban J connectivity index is 2.33. The molecule has 0 atom stereocenters. The first-order chi connectivity index (χ1) is 9.82. The summed E-state index contributed by atoms with van der Waals surface area (Å²) in [4.78, 5) is 10.1. The molecule has 0 unspecified atom stereocenters. The average Bonchev–Trinajstić information content (AvgIpc) is 2.90. The Hall–Kier alpha value is -2.19. The fraction of sp³-hybridized carbons (Fsp3) is 0.154. The van der Waals surface area contributed by atoms with Gasteiger partial charge >= 0.3 is 5.97 Å². The highest BCUT2D eigenvalue weighted by molar-refractivity contribution is 7.89. The molecule has 0 saturated carbocycles. The van der Waals surface area contributed by atoms with Crippen LogP contribution in [-0.2, 0) is 16.6 Å². The molecule has 0 aliphatic carbocycles. The van der Waals surface area contributed by atoms with Crippen molar-refractivity contribution in [1.82, 2.24) is 4.31 Å². The highest BCUT2D eigenvalue weighted by atomic mass is 32.2. The van der Waals surface area contributed by atoms with E-state index in [0.717, 1.165) is 16.4 Å². The molecule has 1 heterocycles. The van der Waals surface area contributed by atoms with Gasteiger partial charge in [0.2, 0.25) is 10.0 Å². The molecule has 2 rings (SSSR count). The van der Waals surface area contributed by atoms with Crippen LogP contribution in [0.1, 0.15) is 16.1 Å². The molecular formula is C13H12FNO5S. The maximum absolute atomic E-state index is 13.9. The molecule has 0 aliphatic heterocycles. The van der Waals surface area contributed by atoms with E-state index in [1.54, 1.807) is 12.1 Å². The van der Waals surface area contributed by atoms with E-state index in [-0.39, 0.29) is 12.1 Å². The number of benzene rings is 1. The molecule has 1 aromatic carbocycles. The van der Waals surface area contributed by atoms with Gasteiger partial charge in [-0.3, -0.25) is 0 Å². The summed E-state index contributed by atoms with van der Waals surface area (Å²) in [7, 11) is -2.80. The highest BCUT2D eigenvalue weighted by Crippen LogP contribution is 2.21. The summed E-state index contributed by atoms with van der Waals surface area (Å²) < 4.78 is 44.3. The van der Waals surface area contributed by atoms with Crippen LogP contribution in [0.5, 0.6) is 0 Å². The van der Waals surface area contributed by atoms with E-state index < -0.39 is 26.7 Å². The van der Waals surface area contributed by atoms with Crippen molar-refractivity contribution in [3.63, 3.8) is 0 Å². The molecule has 6 nitrogen and oxygen atoms in total. The third-order valence-electron chi connectivity index (χ3n) is 2.83. The van der Waals surface area contributed by atoms with Crippen LogP contribution in [0.15, 0.2) is 45.9 Å². The number of carboxylic acids is 1.